The molecular formula is C14H24IN7O2S. The van der Waals surface area contributed by atoms with E-state index in [1.165, 1.54) is 4.31 Å². The molecular weight excluding hydrogens is 457 g/mol. The number of guanidine groups is 1. The molecule has 2 aliphatic heterocycles. The zero-order valence-electron chi connectivity index (χ0n) is 14.0. The molecule has 2 fully saturated rings. The summed E-state index contributed by atoms with van der Waals surface area (Å²) in [5, 5.41) is 0. The Morgan fingerprint density at radius 3 is 2.44 bits per heavy atom. The van der Waals surface area contributed by atoms with Crippen LogP contribution in [0.3, 0.4) is 0 Å². The van der Waals surface area contributed by atoms with Crippen LogP contribution in [0, 0.1) is 0 Å². The lowest BCUT2D eigenvalue weighted by Gasteiger charge is -2.35. The lowest BCUT2D eigenvalue weighted by molar-refractivity contribution is 0.377. The topological polar surface area (TPSA) is 108 Å². The lowest BCUT2D eigenvalue weighted by atomic mass is 10.3. The summed E-state index contributed by atoms with van der Waals surface area (Å²) >= 11 is 0. The number of nitrogens with two attached hydrogens (primary N) is 1. The molecule has 3 rings (SSSR count). The Morgan fingerprint density at radius 2 is 1.84 bits per heavy atom. The fraction of sp³-hybridized carbons (Fsp3) is 0.643. The quantitative estimate of drug-likeness (QED) is 0.353. The van der Waals surface area contributed by atoms with Crippen molar-refractivity contribution in [3.63, 3.8) is 0 Å². The molecule has 25 heavy (non-hydrogen) atoms. The summed E-state index contributed by atoms with van der Waals surface area (Å²) in [6.07, 6.45) is 4.17. The van der Waals surface area contributed by atoms with E-state index in [9.17, 15) is 8.42 Å². The van der Waals surface area contributed by atoms with Crippen molar-refractivity contribution in [2.75, 3.05) is 56.5 Å². The minimum Gasteiger partial charge on any atom is -0.370 e. The van der Waals surface area contributed by atoms with E-state index in [2.05, 4.69) is 19.9 Å². The third-order valence-electron chi connectivity index (χ3n) is 4.27. The van der Waals surface area contributed by atoms with Gasteiger partial charge in [-0.3, -0.25) is 4.99 Å². The van der Waals surface area contributed by atoms with Crippen LogP contribution in [0.5, 0.6) is 0 Å². The van der Waals surface area contributed by atoms with Gasteiger partial charge in [0.15, 0.2) is 5.96 Å². The van der Waals surface area contributed by atoms with Gasteiger partial charge in [-0.1, -0.05) is 0 Å². The molecule has 140 valence electrons. The summed E-state index contributed by atoms with van der Waals surface area (Å²) in [6.45, 7) is 4.44. The van der Waals surface area contributed by atoms with Crippen LogP contribution in [0.2, 0.25) is 0 Å². The molecule has 0 unspecified atom stereocenters. The van der Waals surface area contributed by atoms with Crippen molar-refractivity contribution in [1.82, 2.24) is 19.2 Å². The van der Waals surface area contributed by atoms with Gasteiger partial charge in [-0.15, -0.1) is 24.0 Å². The summed E-state index contributed by atoms with van der Waals surface area (Å²) in [7, 11) is -3.06. The molecule has 0 spiro atoms. The average molecular weight is 481 g/mol. The van der Waals surface area contributed by atoms with E-state index < -0.39 is 10.0 Å². The van der Waals surface area contributed by atoms with E-state index in [4.69, 9.17) is 5.73 Å². The molecule has 2 N–H and O–H groups in total. The van der Waals surface area contributed by atoms with Gasteiger partial charge in [0.05, 0.1) is 12.3 Å². The maximum absolute atomic E-state index is 11.7. The van der Waals surface area contributed by atoms with E-state index >= 15 is 0 Å². The number of hydrogen-bond donors (Lipinski definition) is 1. The van der Waals surface area contributed by atoms with E-state index in [1.807, 2.05) is 4.90 Å². The summed E-state index contributed by atoms with van der Waals surface area (Å²) in [4.78, 5) is 17.0. The number of nitrogens with zero attached hydrogens (tertiary/aromatic N) is 6. The highest BCUT2D eigenvalue weighted by Gasteiger charge is 2.27. The number of aliphatic imine (C=N–C) groups is 1. The van der Waals surface area contributed by atoms with E-state index in [1.54, 1.807) is 18.5 Å². The Morgan fingerprint density at radius 1 is 1.16 bits per heavy atom. The first-order chi connectivity index (χ1) is 11.6. The van der Waals surface area contributed by atoms with E-state index in [-0.39, 0.29) is 29.7 Å². The van der Waals surface area contributed by atoms with Gasteiger partial charge in [0.25, 0.3) is 0 Å². The molecule has 0 radical (unpaired) electrons. The van der Waals surface area contributed by atoms with Gasteiger partial charge in [0.1, 0.15) is 0 Å². The molecule has 0 saturated carbocycles. The zero-order chi connectivity index (χ0) is 17.0. The van der Waals surface area contributed by atoms with Gasteiger partial charge in [0, 0.05) is 51.7 Å². The molecule has 0 aliphatic carbocycles. The van der Waals surface area contributed by atoms with Crippen LogP contribution < -0.4 is 10.6 Å². The number of aromatic nitrogens is 2. The van der Waals surface area contributed by atoms with Gasteiger partial charge >= 0.3 is 0 Å². The van der Waals surface area contributed by atoms with Crippen molar-refractivity contribution in [3.05, 3.63) is 18.5 Å². The highest BCUT2D eigenvalue weighted by Crippen LogP contribution is 2.12. The Balaban J connectivity index is 0.00000225. The monoisotopic (exact) mass is 481 g/mol. The zero-order valence-corrected chi connectivity index (χ0v) is 17.1. The highest BCUT2D eigenvalue weighted by atomic mass is 127. The minimum atomic E-state index is -3.06. The van der Waals surface area contributed by atoms with Gasteiger partial charge in [-0.25, -0.2) is 22.7 Å². The Labute approximate surface area is 165 Å². The maximum Gasteiger partial charge on any atom is 0.225 e. The predicted molar refractivity (Wildman–Crippen MR) is 108 cm³/mol. The van der Waals surface area contributed by atoms with Crippen molar-refractivity contribution in [2.24, 2.45) is 10.7 Å². The Bertz CT molecular complexity index is 678. The van der Waals surface area contributed by atoms with Crippen molar-refractivity contribution < 1.29 is 8.42 Å². The number of rotatable bonds is 4. The van der Waals surface area contributed by atoms with Gasteiger partial charge in [0.2, 0.25) is 16.0 Å². The maximum atomic E-state index is 11.7. The van der Waals surface area contributed by atoms with Crippen molar-refractivity contribution >= 4 is 45.9 Å². The van der Waals surface area contributed by atoms with Crippen molar-refractivity contribution in [2.45, 2.75) is 6.42 Å². The molecule has 0 aromatic carbocycles. The second kappa shape index (κ2) is 8.94. The summed E-state index contributed by atoms with van der Waals surface area (Å²) in [6, 6.07) is 1.80. The number of hydrogen-bond acceptors (Lipinski definition) is 6. The molecule has 11 heteroatoms. The van der Waals surface area contributed by atoms with Gasteiger partial charge < -0.3 is 15.5 Å². The molecule has 9 nitrogen and oxygen atoms in total. The van der Waals surface area contributed by atoms with Crippen LogP contribution in [0.25, 0.3) is 0 Å². The van der Waals surface area contributed by atoms with E-state index in [0.29, 0.717) is 32.0 Å². The first-order valence-corrected chi connectivity index (χ1v) is 9.72. The molecule has 1 aromatic heterocycles. The minimum absolute atomic E-state index is 0. The SMILES string of the molecule is I.NC(=NCCN1CCCS1(=O)=O)N1CCN(c2ncccn2)CC1. The third kappa shape index (κ3) is 5.14. The third-order valence-corrected chi connectivity index (χ3v) is 6.22. The first kappa shape index (κ1) is 20.1. The number of halogens is 1. The molecule has 0 bridgehead atoms. The number of anilines is 1. The van der Waals surface area contributed by atoms with Gasteiger partial charge in [-0.05, 0) is 12.5 Å². The molecule has 2 aliphatic rings. The summed E-state index contributed by atoms with van der Waals surface area (Å²) < 4.78 is 25.0. The Kier molecular flexibility index (Phi) is 7.19. The van der Waals surface area contributed by atoms with Crippen LogP contribution in [-0.4, -0.2) is 85.1 Å². The summed E-state index contributed by atoms with van der Waals surface area (Å²) in [5.74, 6) is 1.45. The first-order valence-electron chi connectivity index (χ1n) is 8.11. The fourth-order valence-corrected chi connectivity index (χ4v) is 4.43. The summed E-state index contributed by atoms with van der Waals surface area (Å²) in [5.41, 5.74) is 6.04. The second-order valence-corrected chi connectivity index (χ2v) is 7.92. The molecule has 1 aromatic rings. The lowest BCUT2D eigenvalue weighted by Crippen LogP contribution is -2.51. The second-order valence-electron chi connectivity index (χ2n) is 5.83. The number of sulfonamides is 1. The van der Waals surface area contributed by atoms with E-state index in [0.717, 1.165) is 32.1 Å². The standard InChI is InChI=1S/C14H23N7O2S.HI/c15-13(16-5-7-21-6-2-12-24(21,22)23)19-8-10-20(11-9-19)14-17-3-1-4-18-14;/h1,3-4H,2,5-12H2,(H2,15,16);1H. The van der Waals surface area contributed by atoms with Crippen LogP contribution in [0.4, 0.5) is 5.95 Å². The van der Waals surface area contributed by atoms with Crippen LogP contribution in [-0.2, 0) is 10.0 Å². The smallest absolute Gasteiger partial charge is 0.225 e. The van der Waals surface area contributed by atoms with Crippen LogP contribution in [0.1, 0.15) is 6.42 Å². The predicted octanol–water partition coefficient (Wildman–Crippen LogP) is -0.433. The van der Waals surface area contributed by atoms with Crippen molar-refractivity contribution in [1.29, 1.82) is 0 Å². The average Bonchev–Trinajstić information content (AvgIpc) is 2.94. The normalized spacial score (nSPS) is 21.2. The largest absolute Gasteiger partial charge is 0.370 e. The number of piperazine rings is 1. The molecule has 2 saturated heterocycles. The van der Waals surface area contributed by atoms with Crippen LogP contribution >= 0.6 is 24.0 Å². The van der Waals surface area contributed by atoms with Gasteiger partial charge in [-0.2, -0.15) is 0 Å². The van der Waals surface area contributed by atoms with Crippen LogP contribution in [0.15, 0.2) is 23.5 Å². The molecule has 0 atom stereocenters. The highest BCUT2D eigenvalue weighted by molar-refractivity contribution is 14.0. The van der Waals surface area contributed by atoms with Crippen molar-refractivity contribution in [3.8, 4) is 0 Å². The fourth-order valence-electron chi connectivity index (χ4n) is 2.91. The molecule has 3 heterocycles. The Hall–Kier alpha value is -1.21. The molecule has 0 amide bonds.